The highest BCUT2D eigenvalue weighted by atomic mass is 16.3. The summed E-state index contributed by atoms with van der Waals surface area (Å²) in [5, 5.41) is 12.2. The number of hydrogen-bond donors (Lipinski definition) is 1. The zero-order chi connectivity index (χ0) is 10.8. The van der Waals surface area contributed by atoms with Gasteiger partial charge >= 0.3 is 0 Å². The van der Waals surface area contributed by atoms with Gasteiger partial charge in [-0.2, -0.15) is 0 Å². The second kappa shape index (κ2) is 3.93. The van der Waals surface area contributed by atoms with E-state index in [1.165, 1.54) is 16.3 Å². The molecule has 0 aromatic heterocycles. The van der Waals surface area contributed by atoms with E-state index < -0.39 is 0 Å². The summed E-state index contributed by atoms with van der Waals surface area (Å²) in [6.45, 7) is 4.24. The molecule has 0 radical (unpaired) electrons. The van der Waals surface area contributed by atoms with Gasteiger partial charge in [0, 0.05) is 5.56 Å². The van der Waals surface area contributed by atoms with Crippen molar-refractivity contribution in [3.8, 4) is 5.75 Å². The van der Waals surface area contributed by atoms with Crippen molar-refractivity contribution < 1.29 is 5.11 Å². The van der Waals surface area contributed by atoms with E-state index in [4.69, 9.17) is 0 Å². The van der Waals surface area contributed by atoms with Crippen LogP contribution in [0.15, 0.2) is 30.3 Å². The fourth-order valence-corrected chi connectivity index (χ4v) is 2.15. The van der Waals surface area contributed by atoms with Crippen molar-refractivity contribution >= 4 is 10.8 Å². The maximum absolute atomic E-state index is 9.77. The third kappa shape index (κ3) is 1.58. The Morgan fingerprint density at radius 1 is 0.933 bits per heavy atom. The molecular formula is C14H16O. The summed E-state index contributed by atoms with van der Waals surface area (Å²) >= 11 is 0. The van der Waals surface area contributed by atoms with Crippen LogP contribution >= 0.6 is 0 Å². The average molecular weight is 200 g/mol. The molecule has 0 atom stereocenters. The molecule has 2 aromatic carbocycles. The van der Waals surface area contributed by atoms with Gasteiger partial charge in [-0.3, -0.25) is 0 Å². The second-order valence-corrected chi connectivity index (χ2v) is 3.78. The molecule has 0 heterocycles. The van der Waals surface area contributed by atoms with E-state index in [0.29, 0.717) is 5.75 Å². The molecule has 1 N–H and O–H groups in total. The van der Waals surface area contributed by atoms with E-state index in [-0.39, 0.29) is 0 Å². The molecule has 0 spiro atoms. The second-order valence-electron chi connectivity index (χ2n) is 3.78. The molecule has 0 aliphatic carbocycles. The van der Waals surface area contributed by atoms with Gasteiger partial charge in [0.15, 0.2) is 0 Å². The Bertz CT molecular complexity index is 486. The van der Waals surface area contributed by atoms with Crippen LogP contribution in [0.4, 0.5) is 0 Å². The fraction of sp³-hybridized carbons (Fsp3) is 0.286. The molecule has 2 aromatic rings. The lowest BCUT2D eigenvalue weighted by molar-refractivity contribution is 0.470. The first kappa shape index (κ1) is 10.0. The zero-order valence-electron chi connectivity index (χ0n) is 9.25. The maximum atomic E-state index is 9.77. The van der Waals surface area contributed by atoms with Crippen molar-refractivity contribution in [3.63, 3.8) is 0 Å². The molecule has 15 heavy (non-hydrogen) atoms. The van der Waals surface area contributed by atoms with E-state index in [2.05, 4.69) is 32.0 Å². The van der Waals surface area contributed by atoms with Crippen molar-refractivity contribution in [3.05, 3.63) is 41.5 Å². The summed E-state index contributed by atoms with van der Waals surface area (Å²) in [7, 11) is 0. The zero-order valence-corrected chi connectivity index (χ0v) is 9.25. The van der Waals surface area contributed by atoms with Gasteiger partial charge in [0.2, 0.25) is 0 Å². The quantitative estimate of drug-likeness (QED) is 0.784. The first-order valence-corrected chi connectivity index (χ1v) is 5.50. The minimum absolute atomic E-state index is 0.415. The van der Waals surface area contributed by atoms with Gasteiger partial charge < -0.3 is 5.11 Å². The molecule has 0 amide bonds. The van der Waals surface area contributed by atoms with Crippen LogP contribution in [0.5, 0.6) is 5.75 Å². The number of phenolic OH excluding ortho intramolecular Hbond substituents is 1. The monoisotopic (exact) mass is 200 g/mol. The minimum Gasteiger partial charge on any atom is -0.508 e. The third-order valence-electron chi connectivity index (χ3n) is 2.97. The summed E-state index contributed by atoms with van der Waals surface area (Å²) < 4.78 is 0. The topological polar surface area (TPSA) is 20.2 Å². The highest BCUT2D eigenvalue weighted by Crippen LogP contribution is 2.29. The molecule has 0 unspecified atom stereocenters. The van der Waals surface area contributed by atoms with Crippen molar-refractivity contribution in [2.45, 2.75) is 26.7 Å². The molecule has 0 saturated carbocycles. The van der Waals surface area contributed by atoms with Crippen molar-refractivity contribution in [1.82, 2.24) is 0 Å². The Kier molecular flexibility index (Phi) is 2.63. The van der Waals surface area contributed by atoms with E-state index in [1.807, 2.05) is 6.07 Å². The van der Waals surface area contributed by atoms with Crippen molar-refractivity contribution in [1.29, 1.82) is 0 Å². The molecule has 78 valence electrons. The first-order chi connectivity index (χ1) is 7.27. The third-order valence-corrected chi connectivity index (χ3v) is 2.97. The molecule has 0 saturated heterocycles. The fourth-order valence-electron chi connectivity index (χ4n) is 2.15. The van der Waals surface area contributed by atoms with Crippen molar-refractivity contribution in [2.75, 3.05) is 0 Å². The molecule has 1 heteroatoms. The molecule has 0 aliphatic rings. The number of rotatable bonds is 2. The van der Waals surface area contributed by atoms with Crippen LogP contribution in [0.2, 0.25) is 0 Å². The lowest BCUT2D eigenvalue weighted by atomic mass is 9.97. The maximum Gasteiger partial charge on any atom is 0.119 e. The highest BCUT2D eigenvalue weighted by Gasteiger charge is 2.06. The normalized spacial score (nSPS) is 10.8. The molecule has 2 rings (SSSR count). The number of benzene rings is 2. The summed E-state index contributed by atoms with van der Waals surface area (Å²) in [5.74, 6) is 0.415. The molecular weight excluding hydrogens is 184 g/mol. The van der Waals surface area contributed by atoms with Gasteiger partial charge in [0.1, 0.15) is 5.75 Å². The molecule has 0 fully saturated rings. The van der Waals surface area contributed by atoms with Gasteiger partial charge in [-0.1, -0.05) is 38.1 Å². The van der Waals surface area contributed by atoms with Crippen LogP contribution in [-0.2, 0) is 12.8 Å². The number of hydrogen-bond acceptors (Lipinski definition) is 1. The highest BCUT2D eigenvalue weighted by molar-refractivity contribution is 5.90. The standard InChI is InChI=1S/C14H16O/c1-3-10-6-5-7-13-11(4-2)14(15)9-8-12(10)13/h5-9,15H,3-4H2,1-2H3. The number of fused-ring (bicyclic) bond motifs is 1. The summed E-state index contributed by atoms with van der Waals surface area (Å²) in [6, 6.07) is 10.1. The van der Waals surface area contributed by atoms with Gasteiger partial charge in [0.25, 0.3) is 0 Å². The largest absolute Gasteiger partial charge is 0.508 e. The Hall–Kier alpha value is -1.50. The smallest absolute Gasteiger partial charge is 0.119 e. The molecule has 1 nitrogen and oxygen atoms in total. The van der Waals surface area contributed by atoms with Gasteiger partial charge in [-0.25, -0.2) is 0 Å². The van der Waals surface area contributed by atoms with Crippen LogP contribution in [0, 0.1) is 0 Å². The molecule has 0 aliphatic heterocycles. The van der Waals surface area contributed by atoms with Crippen LogP contribution in [0.3, 0.4) is 0 Å². The van der Waals surface area contributed by atoms with E-state index in [9.17, 15) is 5.11 Å². The Balaban J connectivity index is 2.82. The Labute approximate surface area is 90.4 Å². The number of phenols is 1. The van der Waals surface area contributed by atoms with Gasteiger partial charge in [-0.15, -0.1) is 0 Å². The lowest BCUT2D eigenvalue weighted by Crippen LogP contribution is -1.89. The van der Waals surface area contributed by atoms with Crippen LogP contribution in [0.1, 0.15) is 25.0 Å². The predicted molar refractivity (Wildman–Crippen MR) is 64.4 cm³/mol. The predicted octanol–water partition coefficient (Wildman–Crippen LogP) is 3.67. The summed E-state index contributed by atoms with van der Waals surface area (Å²) in [4.78, 5) is 0. The van der Waals surface area contributed by atoms with Crippen LogP contribution < -0.4 is 0 Å². The van der Waals surface area contributed by atoms with E-state index >= 15 is 0 Å². The minimum atomic E-state index is 0.415. The number of aromatic hydroxyl groups is 1. The van der Waals surface area contributed by atoms with E-state index in [0.717, 1.165) is 18.4 Å². The van der Waals surface area contributed by atoms with Crippen LogP contribution in [-0.4, -0.2) is 5.11 Å². The van der Waals surface area contributed by atoms with Crippen molar-refractivity contribution in [2.24, 2.45) is 0 Å². The average Bonchev–Trinajstić information content (AvgIpc) is 2.28. The SMILES string of the molecule is CCc1cccc2c(CC)c(O)ccc12. The molecule has 0 bridgehead atoms. The first-order valence-electron chi connectivity index (χ1n) is 5.50. The van der Waals surface area contributed by atoms with Gasteiger partial charge in [-0.05, 0) is 35.2 Å². The van der Waals surface area contributed by atoms with Crippen LogP contribution in [0.25, 0.3) is 10.8 Å². The summed E-state index contributed by atoms with van der Waals surface area (Å²) in [5.41, 5.74) is 2.41. The van der Waals surface area contributed by atoms with E-state index in [1.54, 1.807) is 6.07 Å². The Morgan fingerprint density at radius 2 is 1.73 bits per heavy atom. The summed E-state index contributed by atoms with van der Waals surface area (Å²) in [6.07, 6.45) is 1.90. The lowest BCUT2D eigenvalue weighted by Gasteiger charge is -2.09. The number of aryl methyl sites for hydroxylation is 2. The Morgan fingerprint density at radius 3 is 2.40 bits per heavy atom. The van der Waals surface area contributed by atoms with Gasteiger partial charge in [0.05, 0.1) is 0 Å².